The summed E-state index contributed by atoms with van der Waals surface area (Å²) in [5.74, 6) is 1.34. The molecule has 6 nitrogen and oxygen atoms in total. The molecule has 0 unspecified atom stereocenters. The molecular weight excluding hydrogens is 474 g/mol. The van der Waals surface area contributed by atoms with Crippen molar-refractivity contribution in [2.24, 2.45) is 0 Å². The van der Waals surface area contributed by atoms with E-state index in [-0.39, 0.29) is 5.91 Å². The number of amides is 1. The predicted octanol–water partition coefficient (Wildman–Crippen LogP) is 5.98. The SMILES string of the molecule is C=C(C)c1cc(C(=O)N2Cc3ccc(CN4CCN(C)CC4)cc3C2)c(OCCCC)cc1OCCCC. The first-order valence-corrected chi connectivity index (χ1v) is 14.3. The average Bonchev–Trinajstić information content (AvgIpc) is 3.33. The minimum atomic E-state index is -0.00377. The fraction of sp³-hybridized carbons (Fsp3) is 0.531. The Morgan fingerprint density at radius 2 is 1.50 bits per heavy atom. The fourth-order valence-electron chi connectivity index (χ4n) is 5.08. The Kier molecular flexibility index (Phi) is 9.86. The van der Waals surface area contributed by atoms with Crippen LogP contribution in [0.15, 0.2) is 36.9 Å². The Balaban J connectivity index is 1.53. The largest absolute Gasteiger partial charge is 0.493 e. The van der Waals surface area contributed by atoms with Gasteiger partial charge in [-0.05, 0) is 55.1 Å². The molecule has 2 aliphatic rings. The standard InChI is InChI=1S/C32H45N3O3/c1-6-8-16-37-30-20-31(38-17-9-7-2)29(19-28(30)24(3)4)32(36)35-22-26-11-10-25(18-27(26)23-35)21-34-14-12-33(5)13-15-34/h10-11,18-20H,3,6-9,12-17,21-23H2,1-2,4-5H3. The molecule has 0 spiro atoms. The van der Waals surface area contributed by atoms with Crippen molar-refractivity contribution in [2.75, 3.05) is 46.4 Å². The summed E-state index contributed by atoms with van der Waals surface area (Å²) in [6, 6.07) is 10.6. The topological polar surface area (TPSA) is 45.3 Å². The van der Waals surface area contributed by atoms with Crippen LogP contribution in [0, 0.1) is 0 Å². The number of hydrogen-bond acceptors (Lipinski definition) is 5. The molecule has 0 bridgehead atoms. The zero-order chi connectivity index (χ0) is 27.1. The normalized spacial score (nSPS) is 15.9. The predicted molar refractivity (Wildman–Crippen MR) is 155 cm³/mol. The number of carbonyl (C=O) groups is 1. The molecule has 38 heavy (non-hydrogen) atoms. The number of hydrogen-bond donors (Lipinski definition) is 0. The molecule has 0 N–H and O–H groups in total. The maximum atomic E-state index is 13.9. The minimum Gasteiger partial charge on any atom is -0.493 e. The second-order valence-corrected chi connectivity index (χ2v) is 10.9. The van der Waals surface area contributed by atoms with Crippen LogP contribution in [0.2, 0.25) is 0 Å². The van der Waals surface area contributed by atoms with Crippen LogP contribution in [0.25, 0.3) is 5.57 Å². The van der Waals surface area contributed by atoms with Crippen LogP contribution >= 0.6 is 0 Å². The third kappa shape index (κ3) is 6.97. The van der Waals surface area contributed by atoms with E-state index in [0.29, 0.717) is 37.6 Å². The first-order chi connectivity index (χ1) is 18.4. The van der Waals surface area contributed by atoms with Gasteiger partial charge < -0.3 is 19.3 Å². The molecular formula is C32H45N3O3. The summed E-state index contributed by atoms with van der Waals surface area (Å²) in [4.78, 5) is 20.7. The van der Waals surface area contributed by atoms with E-state index < -0.39 is 0 Å². The quantitative estimate of drug-likeness (QED) is 0.323. The highest BCUT2D eigenvalue weighted by molar-refractivity contribution is 5.98. The number of ether oxygens (including phenoxy) is 2. The summed E-state index contributed by atoms with van der Waals surface area (Å²) in [6.07, 6.45) is 4.01. The monoisotopic (exact) mass is 519 g/mol. The zero-order valence-electron chi connectivity index (χ0n) is 23.9. The van der Waals surface area contributed by atoms with E-state index in [0.717, 1.165) is 75.3 Å². The van der Waals surface area contributed by atoms with Crippen molar-refractivity contribution in [3.63, 3.8) is 0 Å². The van der Waals surface area contributed by atoms with Gasteiger partial charge >= 0.3 is 0 Å². The molecule has 6 heteroatoms. The minimum absolute atomic E-state index is 0.00377. The smallest absolute Gasteiger partial charge is 0.258 e. The number of unbranched alkanes of at least 4 members (excludes halogenated alkanes) is 2. The Labute approximate surface area is 229 Å². The van der Waals surface area contributed by atoms with Crippen LogP contribution in [0.3, 0.4) is 0 Å². The summed E-state index contributed by atoms with van der Waals surface area (Å²) in [5.41, 5.74) is 6.14. The maximum absolute atomic E-state index is 13.9. The molecule has 1 amide bonds. The fourth-order valence-corrected chi connectivity index (χ4v) is 5.08. The van der Waals surface area contributed by atoms with Gasteiger partial charge in [0, 0.05) is 57.4 Å². The van der Waals surface area contributed by atoms with Crippen LogP contribution in [0.5, 0.6) is 11.5 Å². The number of fused-ring (bicyclic) bond motifs is 1. The van der Waals surface area contributed by atoms with Crippen LogP contribution < -0.4 is 9.47 Å². The van der Waals surface area contributed by atoms with Gasteiger partial charge in [0.1, 0.15) is 11.5 Å². The second-order valence-electron chi connectivity index (χ2n) is 10.9. The van der Waals surface area contributed by atoms with E-state index >= 15 is 0 Å². The van der Waals surface area contributed by atoms with Gasteiger partial charge in [0.25, 0.3) is 5.91 Å². The third-order valence-electron chi connectivity index (χ3n) is 7.57. The van der Waals surface area contributed by atoms with Gasteiger partial charge in [-0.3, -0.25) is 9.69 Å². The van der Waals surface area contributed by atoms with Crippen molar-refractivity contribution in [1.82, 2.24) is 14.7 Å². The highest BCUT2D eigenvalue weighted by Crippen LogP contribution is 2.36. The lowest BCUT2D eigenvalue weighted by atomic mass is 10.0. The molecule has 0 aliphatic carbocycles. The number of nitrogens with zero attached hydrogens (tertiary/aromatic N) is 3. The van der Waals surface area contributed by atoms with Gasteiger partial charge in [0.05, 0.1) is 18.8 Å². The molecule has 206 valence electrons. The van der Waals surface area contributed by atoms with E-state index in [9.17, 15) is 4.79 Å². The second kappa shape index (κ2) is 13.3. The van der Waals surface area contributed by atoms with Crippen molar-refractivity contribution in [3.8, 4) is 11.5 Å². The van der Waals surface area contributed by atoms with Gasteiger partial charge in [0.15, 0.2) is 0 Å². The molecule has 0 saturated carbocycles. The number of piperazine rings is 1. The van der Waals surface area contributed by atoms with Crippen molar-refractivity contribution < 1.29 is 14.3 Å². The third-order valence-corrected chi connectivity index (χ3v) is 7.57. The van der Waals surface area contributed by atoms with Crippen molar-refractivity contribution in [3.05, 3.63) is 64.7 Å². The van der Waals surface area contributed by atoms with E-state index in [1.54, 1.807) is 0 Å². The molecule has 2 aliphatic heterocycles. The Morgan fingerprint density at radius 3 is 2.13 bits per heavy atom. The van der Waals surface area contributed by atoms with E-state index in [1.165, 1.54) is 16.7 Å². The molecule has 0 radical (unpaired) electrons. The highest BCUT2D eigenvalue weighted by Gasteiger charge is 2.28. The van der Waals surface area contributed by atoms with Crippen LogP contribution in [-0.4, -0.2) is 67.0 Å². The molecule has 0 atom stereocenters. The van der Waals surface area contributed by atoms with Crippen LogP contribution in [-0.2, 0) is 19.6 Å². The molecule has 1 fully saturated rings. The summed E-state index contributed by atoms with van der Waals surface area (Å²) >= 11 is 0. The first kappa shape index (κ1) is 28.2. The van der Waals surface area contributed by atoms with Crippen LogP contribution in [0.1, 0.15) is 79.1 Å². The van der Waals surface area contributed by atoms with Crippen molar-refractivity contribution >= 4 is 11.5 Å². The van der Waals surface area contributed by atoms with Gasteiger partial charge in [-0.1, -0.05) is 51.5 Å². The maximum Gasteiger partial charge on any atom is 0.258 e. The van der Waals surface area contributed by atoms with Gasteiger partial charge in [-0.15, -0.1) is 0 Å². The van der Waals surface area contributed by atoms with Gasteiger partial charge in [0.2, 0.25) is 0 Å². The van der Waals surface area contributed by atoms with Crippen LogP contribution in [0.4, 0.5) is 0 Å². The van der Waals surface area contributed by atoms with E-state index in [4.69, 9.17) is 9.47 Å². The zero-order valence-corrected chi connectivity index (χ0v) is 23.9. The lowest BCUT2D eigenvalue weighted by Gasteiger charge is -2.32. The first-order valence-electron chi connectivity index (χ1n) is 14.3. The van der Waals surface area contributed by atoms with Gasteiger partial charge in [-0.2, -0.15) is 0 Å². The number of benzene rings is 2. The van der Waals surface area contributed by atoms with Crippen molar-refractivity contribution in [2.45, 2.75) is 66.1 Å². The number of allylic oxidation sites excluding steroid dienone is 1. The molecule has 2 aromatic rings. The molecule has 2 heterocycles. The molecule has 4 rings (SSSR count). The molecule has 2 aromatic carbocycles. The molecule has 1 saturated heterocycles. The average molecular weight is 520 g/mol. The summed E-state index contributed by atoms with van der Waals surface area (Å²) in [5, 5.41) is 0. The summed E-state index contributed by atoms with van der Waals surface area (Å²) in [7, 11) is 2.19. The Morgan fingerprint density at radius 1 is 0.868 bits per heavy atom. The number of rotatable bonds is 12. The van der Waals surface area contributed by atoms with Gasteiger partial charge in [-0.25, -0.2) is 0 Å². The Bertz CT molecular complexity index is 1120. The Hall–Kier alpha value is -2.83. The summed E-state index contributed by atoms with van der Waals surface area (Å²) in [6.45, 7) is 18.2. The lowest BCUT2D eigenvalue weighted by Crippen LogP contribution is -2.43. The molecule has 0 aromatic heterocycles. The summed E-state index contributed by atoms with van der Waals surface area (Å²) < 4.78 is 12.3. The van der Waals surface area contributed by atoms with E-state index in [2.05, 4.69) is 55.5 Å². The number of likely N-dealkylation sites (N-methyl/N-ethyl adjacent to an activating group) is 1. The highest BCUT2D eigenvalue weighted by atomic mass is 16.5. The lowest BCUT2D eigenvalue weighted by molar-refractivity contribution is 0.0746. The van der Waals surface area contributed by atoms with Crippen molar-refractivity contribution in [1.29, 1.82) is 0 Å². The number of carbonyl (C=O) groups excluding carboxylic acids is 1. The van der Waals surface area contributed by atoms with E-state index in [1.807, 2.05) is 24.0 Å².